The second kappa shape index (κ2) is 9.70. The first kappa shape index (κ1) is 22.4. The van der Waals surface area contributed by atoms with Crippen LogP contribution >= 0.6 is 23.4 Å². The second-order valence-electron chi connectivity index (χ2n) is 6.67. The number of aromatic nitrogens is 1. The van der Waals surface area contributed by atoms with Gasteiger partial charge in [0.25, 0.3) is 5.91 Å². The molecule has 0 bridgehead atoms. The SMILES string of the molecule is O=C(NCCSc1ncc(C(F)(F)F)cc1Cl)[C@H]1CCCN1C(=O)c1ccccc1. The molecule has 0 radical (unpaired) electrons. The number of nitrogens with one attached hydrogen (secondary N) is 1. The predicted octanol–water partition coefficient (Wildman–Crippen LogP) is 4.27. The van der Waals surface area contributed by atoms with Crippen molar-refractivity contribution in [3.05, 3.63) is 58.7 Å². The molecule has 1 aromatic carbocycles. The topological polar surface area (TPSA) is 62.3 Å². The van der Waals surface area contributed by atoms with Gasteiger partial charge in [0.1, 0.15) is 11.1 Å². The van der Waals surface area contributed by atoms with Crippen molar-refractivity contribution < 1.29 is 22.8 Å². The number of pyridine rings is 1. The molecular weight excluding hydrogens is 439 g/mol. The lowest BCUT2D eigenvalue weighted by molar-refractivity contribution is -0.137. The van der Waals surface area contributed by atoms with Crippen molar-refractivity contribution in [2.45, 2.75) is 30.1 Å². The number of amides is 2. The van der Waals surface area contributed by atoms with Crippen molar-refractivity contribution in [2.75, 3.05) is 18.8 Å². The molecule has 160 valence electrons. The molecule has 2 aromatic rings. The third-order valence-electron chi connectivity index (χ3n) is 4.61. The zero-order chi connectivity index (χ0) is 21.7. The first-order valence-corrected chi connectivity index (χ1v) is 10.6. The monoisotopic (exact) mass is 457 g/mol. The highest BCUT2D eigenvalue weighted by Crippen LogP contribution is 2.33. The summed E-state index contributed by atoms with van der Waals surface area (Å²) in [5.41, 5.74) is -0.370. The van der Waals surface area contributed by atoms with Crippen molar-refractivity contribution in [3.8, 4) is 0 Å². The highest BCUT2D eigenvalue weighted by molar-refractivity contribution is 7.99. The van der Waals surface area contributed by atoms with Gasteiger partial charge in [0.15, 0.2) is 0 Å². The van der Waals surface area contributed by atoms with E-state index in [1.54, 1.807) is 29.2 Å². The van der Waals surface area contributed by atoms with Crippen LogP contribution in [-0.4, -0.2) is 46.6 Å². The molecule has 1 N–H and O–H groups in total. The Bertz CT molecular complexity index is 912. The summed E-state index contributed by atoms with van der Waals surface area (Å²) in [6.45, 7) is 0.790. The number of carbonyl (C=O) groups is 2. The summed E-state index contributed by atoms with van der Waals surface area (Å²) in [5.74, 6) is -0.0457. The number of thioether (sulfide) groups is 1. The van der Waals surface area contributed by atoms with Gasteiger partial charge in [-0.1, -0.05) is 29.8 Å². The van der Waals surface area contributed by atoms with Crippen molar-refractivity contribution in [1.29, 1.82) is 0 Å². The fraction of sp³-hybridized carbons (Fsp3) is 0.350. The van der Waals surface area contributed by atoms with Crippen molar-refractivity contribution >= 4 is 35.2 Å². The zero-order valence-corrected chi connectivity index (χ0v) is 17.4. The summed E-state index contributed by atoms with van der Waals surface area (Å²) in [4.78, 5) is 30.5. The summed E-state index contributed by atoms with van der Waals surface area (Å²) in [6, 6.07) is 9.10. The van der Waals surface area contributed by atoms with Crippen LogP contribution in [0.2, 0.25) is 5.02 Å². The van der Waals surface area contributed by atoms with Gasteiger partial charge < -0.3 is 10.2 Å². The summed E-state index contributed by atoms with van der Waals surface area (Å²) < 4.78 is 38.0. The van der Waals surface area contributed by atoms with E-state index in [1.807, 2.05) is 6.07 Å². The average Bonchev–Trinajstić information content (AvgIpc) is 3.21. The molecule has 10 heteroatoms. The fourth-order valence-corrected chi connectivity index (χ4v) is 4.21. The van der Waals surface area contributed by atoms with Gasteiger partial charge in [-0.3, -0.25) is 9.59 Å². The molecule has 0 spiro atoms. The van der Waals surface area contributed by atoms with Crippen LogP contribution in [-0.2, 0) is 11.0 Å². The van der Waals surface area contributed by atoms with E-state index in [-0.39, 0.29) is 28.4 Å². The van der Waals surface area contributed by atoms with Crippen LogP contribution in [0.4, 0.5) is 13.2 Å². The van der Waals surface area contributed by atoms with Gasteiger partial charge in [0.05, 0.1) is 10.6 Å². The largest absolute Gasteiger partial charge is 0.417 e. The number of nitrogens with zero attached hydrogens (tertiary/aromatic N) is 2. The number of rotatable bonds is 6. The van der Waals surface area contributed by atoms with Crippen LogP contribution in [0.25, 0.3) is 0 Å². The quantitative estimate of drug-likeness (QED) is 0.520. The number of hydrogen-bond acceptors (Lipinski definition) is 4. The van der Waals surface area contributed by atoms with Gasteiger partial charge in [-0.15, -0.1) is 11.8 Å². The molecule has 1 saturated heterocycles. The normalized spacial score (nSPS) is 16.5. The van der Waals surface area contributed by atoms with Crippen molar-refractivity contribution in [1.82, 2.24) is 15.2 Å². The Labute approximate surface area is 181 Å². The van der Waals surface area contributed by atoms with Gasteiger partial charge in [-0.25, -0.2) is 4.98 Å². The molecule has 5 nitrogen and oxygen atoms in total. The van der Waals surface area contributed by atoms with Gasteiger partial charge in [0.2, 0.25) is 5.91 Å². The number of alkyl halides is 3. The first-order chi connectivity index (χ1) is 14.3. The van der Waals surface area contributed by atoms with E-state index >= 15 is 0 Å². The van der Waals surface area contributed by atoms with Crippen LogP contribution in [0.3, 0.4) is 0 Å². The van der Waals surface area contributed by atoms with E-state index in [2.05, 4.69) is 10.3 Å². The maximum Gasteiger partial charge on any atom is 0.417 e. The number of likely N-dealkylation sites (tertiary alicyclic amines) is 1. The second-order valence-corrected chi connectivity index (χ2v) is 8.16. The molecule has 30 heavy (non-hydrogen) atoms. The first-order valence-electron chi connectivity index (χ1n) is 9.26. The summed E-state index contributed by atoms with van der Waals surface area (Å²) in [5, 5.41) is 2.96. The summed E-state index contributed by atoms with van der Waals surface area (Å²) in [6.07, 6.45) is -2.43. The Morgan fingerprint density at radius 2 is 2.00 bits per heavy atom. The standard InChI is InChI=1S/C20H19ClF3N3O2S/c21-15-11-14(20(22,23)24)12-26-18(15)30-10-8-25-17(28)16-7-4-9-27(16)19(29)13-5-2-1-3-6-13/h1-3,5-6,11-12,16H,4,7-10H2,(H,25,28)/t16-/m1/s1. The third-order valence-corrected chi connectivity index (χ3v) is 6.02. The molecule has 0 aliphatic carbocycles. The Hall–Kier alpha value is -2.26. The average molecular weight is 458 g/mol. The minimum atomic E-state index is -4.50. The Morgan fingerprint density at radius 1 is 1.27 bits per heavy atom. The van der Waals surface area contributed by atoms with Crippen molar-refractivity contribution in [3.63, 3.8) is 0 Å². The van der Waals surface area contributed by atoms with Crippen molar-refractivity contribution in [2.24, 2.45) is 0 Å². The number of carbonyl (C=O) groups excluding carboxylic acids is 2. The lowest BCUT2D eigenvalue weighted by atomic mass is 10.1. The van der Waals surface area contributed by atoms with E-state index in [4.69, 9.17) is 11.6 Å². The van der Waals surface area contributed by atoms with Crippen LogP contribution in [0, 0.1) is 0 Å². The molecule has 0 unspecified atom stereocenters. The zero-order valence-electron chi connectivity index (χ0n) is 15.8. The van der Waals surface area contributed by atoms with Gasteiger partial charge in [-0.2, -0.15) is 13.2 Å². The lowest BCUT2D eigenvalue weighted by Crippen LogP contribution is -2.46. The molecule has 3 rings (SSSR count). The molecule has 1 fully saturated rings. The smallest absolute Gasteiger partial charge is 0.353 e. The number of hydrogen-bond donors (Lipinski definition) is 1. The Kier molecular flexibility index (Phi) is 7.25. The summed E-state index contributed by atoms with van der Waals surface area (Å²) >= 11 is 7.03. The molecule has 2 amide bonds. The maximum atomic E-state index is 12.7. The van der Waals surface area contributed by atoms with Gasteiger partial charge in [0, 0.05) is 30.6 Å². The van der Waals surface area contributed by atoms with Gasteiger partial charge in [-0.05, 0) is 31.0 Å². The molecule has 1 aliphatic rings. The minimum Gasteiger partial charge on any atom is -0.353 e. The van der Waals surface area contributed by atoms with E-state index in [9.17, 15) is 22.8 Å². The molecule has 2 heterocycles. The minimum absolute atomic E-state index is 0.0865. The molecule has 0 saturated carbocycles. The lowest BCUT2D eigenvalue weighted by Gasteiger charge is -2.24. The third kappa shape index (κ3) is 5.46. The molecule has 1 aromatic heterocycles. The van der Waals surface area contributed by atoms with E-state index in [1.165, 1.54) is 0 Å². The fourth-order valence-electron chi connectivity index (χ4n) is 3.16. The van der Waals surface area contributed by atoms with E-state index in [0.29, 0.717) is 24.3 Å². The Balaban J connectivity index is 1.50. The van der Waals surface area contributed by atoms with Crippen LogP contribution in [0.15, 0.2) is 47.6 Å². The highest BCUT2D eigenvalue weighted by Gasteiger charge is 2.34. The highest BCUT2D eigenvalue weighted by atomic mass is 35.5. The van der Waals surface area contributed by atoms with Crippen LogP contribution in [0.1, 0.15) is 28.8 Å². The number of halogens is 4. The Morgan fingerprint density at radius 3 is 2.67 bits per heavy atom. The van der Waals surface area contributed by atoms with Gasteiger partial charge >= 0.3 is 6.18 Å². The molecule has 1 aliphatic heterocycles. The maximum absolute atomic E-state index is 12.7. The number of benzene rings is 1. The van der Waals surface area contributed by atoms with Crippen LogP contribution in [0.5, 0.6) is 0 Å². The molecular formula is C20H19ClF3N3O2S. The predicted molar refractivity (Wildman–Crippen MR) is 108 cm³/mol. The van der Waals surface area contributed by atoms with E-state index in [0.717, 1.165) is 30.4 Å². The molecule has 1 atom stereocenters. The summed E-state index contributed by atoms with van der Waals surface area (Å²) in [7, 11) is 0. The van der Waals surface area contributed by atoms with Crippen LogP contribution < -0.4 is 5.32 Å². The van der Waals surface area contributed by atoms with E-state index < -0.39 is 17.8 Å².